The van der Waals surface area contributed by atoms with E-state index in [0.29, 0.717) is 16.7 Å². The highest BCUT2D eigenvalue weighted by Crippen LogP contribution is 2.32. The minimum Gasteiger partial charge on any atom is -0.491 e. The Morgan fingerprint density at radius 3 is 1.79 bits per heavy atom. The van der Waals surface area contributed by atoms with Crippen LogP contribution in [0.1, 0.15) is 6.92 Å². The summed E-state index contributed by atoms with van der Waals surface area (Å²) >= 11 is 0. The van der Waals surface area contributed by atoms with Crippen LogP contribution in [-0.4, -0.2) is 13.0 Å². The Morgan fingerprint density at radius 2 is 1.25 bits per heavy atom. The molecule has 0 spiro atoms. The molecule has 0 saturated carbocycles. The maximum atomic E-state index is 14.3. The van der Waals surface area contributed by atoms with E-state index in [9.17, 15) is 22.0 Å². The molecule has 0 amide bonds. The lowest BCUT2D eigenvalue weighted by atomic mass is 9.99. The molecule has 0 bridgehead atoms. The molecular formula is C21H15F5O2. The van der Waals surface area contributed by atoms with Crippen molar-refractivity contribution in [2.45, 2.75) is 13.3 Å². The van der Waals surface area contributed by atoms with Gasteiger partial charge in [-0.1, -0.05) is 36.4 Å². The van der Waals surface area contributed by atoms with Crippen LogP contribution in [0.25, 0.3) is 22.3 Å². The van der Waals surface area contributed by atoms with Gasteiger partial charge in [0.25, 0.3) is 0 Å². The Labute approximate surface area is 158 Å². The van der Waals surface area contributed by atoms with E-state index in [1.807, 2.05) is 0 Å². The lowest BCUT2D eigenvalue weighted by Crippen LogP contribution is -2.16. The summed E-state index contributed by atoms with van der Waals surface area (Å²) in [6.45, 7) is 1.89. The molecule has 0 aliphatic carbocycles. The average Bonchev–Trinajstić information content (AvgIpc) is 2.65. The highest BCUT2D eigenvalue weighted by atomic mass is 19.4. The van der Waals surface area contributed by atoms with Gasteiger partial charge in [0.05, 0.1) is 6.61 Å². The first kappa shape index (κ1) is 19.7. The van der Waals surface area contributed by atoms with Crippen LogP contribution < -0.4 is 9.47 Å². The minimum atomic E-state index is -4.75. The van der Waals surface area contributed by atoms with E-state index in [2.05, 4.69) is 4.74 Å². The van der Waals surface area contributed by atoms with Gasteiger partial charge in [0.15, 0.2) is 11.6 Å². The summed E-state index contributed by atoms with van der Waals surface area (Å²) in [5.41, 5.74) is 1.90. The third-order valence-corrected chi connectivity index (χ3v) is 3.96. The Morgan fingerprint density at radius 1 is 0.714 bits per heavy atom. The molecule has 0 aliphatic rings. The molecule has 2 nitrogen and oxygen atoms in total. The molecule has 0 radical (unpaired) electrons. The number of benzene rings is 3. The zero-order chi connectivity index (χ0) is 20.3. The molecule has 0 N–H and O–H groups in total. The third-order valence-electron chi connectivity index (χ3n) is 3.96. The van der Waals surface area contributed by atoms with Crippen molar-refractivity contribution in [3.8, 4) is 33.8 Å². The molecular weight excluding hydrogens is 379 g/mol. The topological polar surface area (TPSA) is 18.5 Å². The summed E-state index contributed by atoms with van der Waals surface area (Å²) < 4.78 is 73.9. The van der Waals surface area contributed by atoms with Crippen LogP contribution in [0.2, 0.25) is 0 Å². The monoisotopic (exact) mass is 394 g/mol. The zero-order valence-corrected chi connectivity index (χ0v) is 14.7. The first-order chi connectivity index (χ1) is 13.3. The van der Waals surface area contributed by atoms with Crippen LogP contribution in [0, 0.1) is 11.6 Å². The van der Waals surface area contributed by atoms with Crippen molar-refractivity contribution in [3.05, 3.63) is 72.3 Å². The average molecular weight is 394 g/mol. The van der Waals surface area contributed by atoms with Crippen LogP contribution in [0.15, 0.2) is 60.7 Å². The minimum absolute atomic E-state index is 0.0847. The fraction of sp³-hybridized carbons (Fsp3) is 0.143. The molecule has 0 unspecified atom stereocenters. The van der Waals surface area contributed by atoms with Crippen molar-refractivity contribution in [2.24, 2.45) is 0 Å². The SMILES string of the molecule is CCOc1ccc(-c2ccc(-c3ccc(OC(F)(F)F)cc3)cc2)c(F)c1F. The summed E-state index contributed by atoms with van der Waals surface area (Å²) in [5, 5.41) is 0. The smallest absolute Gasteiger partial charge is 0.491 e. The first-order valence-corrected chi connectivity index (χ1v) is 8.36. The fourth-order valence-corrected chi connectivity index (χ4v) is 2.71. The maximum absolute atomic E-state index is 14.3. The zero-order valence-electron chi connectivity index (χ0n) is 14.7. The number of alkyl halides is 3. The quantitative estimate of drug-likeness (QED) is 0.454. The normalized spacial score (nSPS) is 11.4. The number of halogens is 5. The van der Waals surface area contributed by atoms with E-state index in [4.69, 9.17) is 4.74 Å². The molecule has 3 aromatic rings. The maximum Gasteiger partial charge on any atom is 0.573 e. The molecule has 3 aromatic carbocycles. The number of hydrogen-bond donors (Lipinski definition) is 0. The molecule has 0 atom stereocenters. The Kier molecular flexibility index (Phi) is 5.53. The van der Waals surface area contributed by atoms with Crippen LogP contribution >= 0.6 is 0 Å². The van der Waals surface area contributed by atoms with E-state index in [-0.39, 0.29) is 23.7 Å². The Bertz CT molecular complexity index is 948. The van der Waals surface area contributed by atoms with E-state index in [1.165, 1.54) is 36.4 Å². The summed E-state index contributed by atoms with van der Waals surface area (Å²) in [7, 11) is 0. The molecule has 28 heavy (non-hydrogen) atoms. The van der Waals surface area contributed by atoms with Gasteiger partial charge in [-0.05, 0) is 47.9 Å². The number of rotatable bonds is 5. The van der Waals surface area contributed by atoms with Crippen LogP contribution in [-0.2, 0) is 0 Å². The fourth-order valence-electron chi connectivity index (χ4n) is 2.71. The van der Waals surface area contributed by atoms with Crippen molar-refractivity contribution >= 4 is 0 Å². The van der Waals surface area contributed by atoms with Gasteiger partial charge in [0, 0.05) is 5.56 Å². The van der Waals surface area contributed by atoms with Crippen molar-refractivity contribution < 1.29 is 31.4 Å². The van der Waals surface area contributed by atoms with E-state index in [0.717, 1.165) is 0 Å². The second-order valence-corrected chi connectivity index (χ2v) is 5.82. The Balaban J connectivity index is 1.83. The molecule has 0 aliphatic heterocycles. The lowest BCUT2D eigenvalue weighted by molar-refractivity contribution is -0.274. The highest BCUT2D eigenvalue weighted by Gasteiger charge is 2.30. The van der Waals surface area contributed by atoms with Crippen LogP contribution in [0.4, 0.5) is 22.0 Å². The van der Waals surface area contributed by atoms with Gasteiger partial charge >= 0.3 is 6.36 Å². The van der Waals surface area contributed by atoms with E-state index >= 15 is 0 Å². The Hall–Kier alpha value is -3.09. The molecule has 0 fully saturated rings. The predicted molar refractivity (Wildman–Crippen MR) is 95.1 cm³/mol. The van der Waals surface area contributed by atoms with Crippen molar-refractivity contribution in [2.75, 3.05) is 6.61 Å². The molecule has 0 saturated heterocycles. The summed E-state index contributed by atoms with van der Waals surface area (Å²) in [4.78, 5) is 0. The second-order valence-electron chi connectivity index (χ2n) is 5.82. The van der Waals surface area contributed by atoms with Gasteiger partial charge in [0.1, 0.15) is 5.75 Å². The molecule has 0 heterocycles. The van der Waals surface area contributed by atoms with E-state index in [1.54, 1.807) is 31.2 Å². The van der Waals surface area contributed by atoms with Crippen LogP contribution in [0.5, 0.6) is 11.5 Å². The molecule has 0 aromatic heterocycles. The van der Waals surface area contributed by atoms with Gasteiger partial charge in [-0.25, -0.2) is 4.39 Å². The molecule has 7 heteroatoms. The van der Waals surface area contributed by atoms with Crippen molar-refractivity contribution in [3.63, 3.8) is 0 Å². The second kappa shape index (κ2) is 7.88. The van der Waals surface area contributed by atoms with Crippen molar-refractivity contribution in [1.29, 1.82) is 0 Å². The van der Waals surface area contributed by atoms with Crippen LogP contribution in [0.3, 0.4) is 0 Å². The molecule has 3 rings (SSSR count). The number of ether oxygens (including phenoxy) is 2. The van der Waals surface area contributed by atoms with Gasteiger partial charge in [-0.3, -0.25) is 0 Å². The predicted octanol–water partition coefficient (Wildman–Crippen LogP) is 6.60. The van der Waals surface area contributed by atoms with Gasteiger partial charge in [-0.2, -0.15) is 4.39 Å². The lowest BCUT2D eigenvalue weighted by Gasteiger charge is -2.11. The summed E-state index contributed by atoms with van der Waals surface area (Å²) in [6.07, 6.45) is -4.75. The van der Waals surface area contributed by atoms with Gasteiger partial charge in [-0.15, -0.1) is 13.2 Å². The molecule has 146 valence electrons. The first-order valence-electron chi connectivity index (χ1n) is 8.36. The summed E-state index contributed by atoms with van der Waals surface area (Å²) in [5.74, 6) is -2.53. The number of hydrogen-bond acceptors (Lipinski definition) is 2. The standard InChI is InChI=1S/C21H15F5O2/c1-2-27-18-12-11-17(19(22)20(18)23)15-5-3-13(4-6-15)14-7-9-16(10-8-14)28-21(24,25)26/h3-12H,2H2,1H3. The highest BCUT2D eigenvalue weighted by molar-refractivity contribution is 5.71. The third kappa shape index (κ3) is 4.42. The largest absolute Gasteiger partial charge is 0.573 e. The van der Waals surface area contributed by atoms with Gasteiger partial charge < -0.3 is 9.47 Å². The van der Waals surface area contributed by atoms with E-state index < -0.39 is 18.0 Å². The summed E-state index contributed by atoms with van der Waals surface area (Å²) in [6, 6.07) is 14.7. The van der Waals surface area contributed by atoms with Gasteiger partial charge in [0.2, 0.25) is 5.82 Å². The van der Waals surface area contributed by atoms with Crippen molar-refractivity contribution in [1.82, 2.24) is 0 Å².